The minimum absolute atomic E-state index is 0.0212. The van der Waals surface area contributed by atoms with Gasteiger partial charge in [-0.15, -0.1) is 0 Å². The van der Waals surface area contributed by atoms with Gasteiger partial charge in [0.15, 0.2) is 9.84 Å². The number of rotatable bonds is 8. The fourth-order valence-electron chi connectivity index (χ4n) is 1.36. The Morgan fingerprint density at radius 3 is 2.10 bits per heavy atom. The molecule has 0 heterocycles. The number of hydrogen-bond donors (Lipinski definition) is 2. The van der Waals surface area contributed by atoms with Crippen molar-refractivity contribution in [3.63, 3.8) is 0 Å². The number of aliphatic hydroxyl groups is 1. The largest absolute Gasteiger partial charge is 0.394 e. The third kappa shape index (κ3) is 5.17. The molecule has 0 amide bonds. The summed E-state index contributed by atoms with van der Waals surface area (Å²) in [7, 11) is -7.05. The first-order valence-corrected chi connectivity index (χ1v) is 9.13. The van der Waals surface area contributed by atoms with Crippen LogP contribution in [0.25, 0.3) is 0 Å². The molecule has 7 nitrogen and oxygen atoms in total. The molecule has 0 fully saturated rings. The van der Waals surface area contributed by atoms with Gasteiger partial charge in [0.25, 0.3) is 0 Å². The second-order valence-corrected chi connectivity index (χ2v) is 7.76. The Balaban J connectivity index is 2.69. The van der Waals surface area contributed by atoms with Crippen LogP contribution in [0.3, 0.4) is 0 Å². The molecule has 0 spiro atoms. The van der Waals surface area contributed by atoms with Crippen molar-refractivity contribution in [3.8, 4) is 0 Å². The van der Waals surface area contributed by atoms with E-state index in [0.717, 1.165) is 6.26 Å². The second-order valence-electron chi connectivity index (χ2n) is 3.98. The van der Waals surface area contributed by atoms with Gasteiger partial charge in [-0.05, 0) is 24.3 Å². The Morgan fingerprint density at radius 2 is 1.60 bits per heavy atom. The van der Waals surface area contributed by atoms with Crippen molar-refractivity contribution in [1.29, 1.82) is 0 Å². The lowest BCUT2D eigenvalue weighted by atomic mass is 10.4. The molecule has 0 aliphatic heterocycles. The topological polar surface area (TPSA) is 110 Å². The Hall–Kier alpha value is -1.00. The summed E-state index contributed by atoms with van der Waals surface area (Å²) in [6, 6.07) is 4.94. The van der Waals surface area contributed by atoms with Gasteiger partial charge in [0, 0.05) is 12.8 Å². The highest BCUT2D eigenvalue weighted by molar-refractivity contribution is 7.90. The van der Waals surface area contributed by atoms with E-state index in [1.54, 1.807) is 0 Å². The van der Waals surface area contributed by atoms with Gasteiger partial charge >= 0.3 is 0 Å². The van der Waals surface area contributed by atoms with Crippen molar-refractivity contribution in [3.05, 3.63) is 24.3 Å². The van der Waals surface area contributed by atoms with Crippen molar-refractivity contribution in [2.45, 2.75) is 9.79 Å². The Labute approximate surface area is 118 Å². The lowest BCUT2D eigenvalue weighted by Crippen LogP contribution is -2.27. The molecule has 1 rings (SSSR count). The summed E-state index contributed by atoms with van der Waals surface area (Å²) in [5.41, 5.74) is 0. The molecular weight excluding hydrogens is 306 g/mol. The van der Waals surface area contributed by atoms with Gasteiger partial charge in [0.05, 0.1) is 29.6 Å². The van der Waals surface area contributed by atoms with Gasteiger partial charge in [0.1, 0.15) is 0 Å². The van der Waals surface area contributed by atoms with E-state index in [0.29, 0.717) is 0 Å². The summed E-state index contributed by atoms with van der Waals surface area (Å²) in [5, 5.41) is 8.48. The Morgan fingerprint density at radius 1 is 1.05 bits per heavy atom. The summed E-state index contributed by atoms with van der Waals surface area (Å²) in [4.78, 5) is 0.0368. The first kappa shape index (κ1) is 17.1. The maximum Gasteiger partial charge on any atom is 0.240 e. The van der Waals surface area contributed by atoms with Gasteiger partial charge in [-0.1, -0.05) is 0 Å². The normalized spacial score (nSPS) is 12.5. The minimum atomic E-state index is -3.70. The predicted molar refractivity (Wildman–Crippen MR) is 72.6 cm³/mol. The van der Waals surface area contributed by atoms with Crippen LogP contribution < -0.4 is 4.72 Å². The third-order valence-corrected chi connectivity index (χ3v) is 4.94. The number of nitrogens with one attached hydrogen (secondary N) is 1. The molecule has 0 aliphatic carbocycles. The third-order valence-electron chi connectivity index (χ3n) is 2.34. The van der Waals surface area contributed by atoms with Gasteiger partial charge in [0.2, 0.25) is 10.0 Å². The van der Waals surface area contributed by atoms with Gasteiger partial charge in [-0.25, -0.2) is 21.6 Å². The Kier molecular flexibility index (Phi) is 6.08. The average Bonchev–Trinajstić information content (AvgIpc) is 2.37. The minimum Gasteiger partial charge on any atom is -0.394 e. The first-order valence-electron chi connectivity index (χ1n) is 5.76. The average molecular weight is 323 g/mol. The summed E-state index contributed by atoms with van der Waals surface area (Å²) >= 11 is 0. The number of benzene rings is 1. The fourth-order valence-corrected chi connectivity index (χ4v) is 3.01. The van der Waals surface area contributed by atoms with Crippen molar-refractivity contribution in [2.75, 3.05) is 32.6 Å². The van der Waals surface area contributed by atoms with Crippen molar-refractivity contribution < 1.29 is 26.7 Å². The molecule has 0 aliphatic rings. The van der Waals surface area contributed by atoms with E-state index in [1.807, 2.05) is 0 Å². The van der Waals surface area contributed by atoms with E-state index < -0.39 is 19.9 Å². The van der Waals surface area contributed by atoms with Crippen LogP contribution in [0.1, 0.15) is 0 Å². The number of aliphatic hydroxyl groups excluding tert-OH is 1. The highest BCUT2D eigenvalue weighted by Gasteiger charge is 2.14. The summed E-state index contributed by atoms with van der Waals surface area (Å²) in [6.07, 6.45) is 1.05. The van der Waals surface area contributed by atoms with Gasteiger partial charge in [-0.2, -0.15) is 0 Å². The fraction of sp³-hybridized carbons (Fsp3) is 0.455. The summed E-state index contributed by atoms with van der Waals surface area (Å²) in [6.45, 7) is 0.224. The van der Waals surface area contributed by atoms with Crippen LogP contribution >= 0.6 is 0 Å². The molecule has 1 aromatic carbocycles. The predicted octanol–water partition coefficient (Wildman–Crippen LogP) is -0.623. The van der Waals surface area contributed by atoms with Crippen LogP contribution in [-0.4, -0.2) is 54.6 Å². The molecule has 0 bridgehead atoms. The molecule has 0 atom stereocenters. The maximum atomic E-state index is 11.9. The van der Waals surface area contributed by atoms with Crippen LogP contribution in [0.15, 0.2) is 34.1 Å². The zero-order chi connectivity index (χ0) is 15.2. The molecular formula is C11H17NO6S2. The molecule has 9 heteroatoms. The lowest BCUT2D eigenvalue weighted by Gasteiger charge is -2.07. The van der Waals surface area contributed by atoms with Crippen molar-refractivity contribution in [2.24, 2.45) is 0 Å². The molecule has 114 valence electrons. The van der Waals surface area contributed by atoms with Gasteiger partial charge in [-0.3, -0.25) is 0 Å². The molecule has 0 saturated heterocycles. The molecule has 0 aromatic heterocycles. The highest BCUT2D eigenvalue weighted by Crippen LogP contribution is 2.13. The number of hydrogen-bond acceptors (Lipinski definition) is 6. The molecule has 0 saturated carbocycles. The number of ether oxygens (including phenoxy) is 1. The zero-order valence-corrected chi connectivity index (χ0v) is 12.6. The van der Waals surface area contributed by atoms with Crippen LogP contribution in [0.5, 0.6) is 0 Å². The highest BCUT2D eigenvalue weighted by atomic mass is 32.2. The lowest BCUT2D eigenvalue weighted by molar-refractivity contribution is 0.0961. The van der Waals surface area contributed by atoms with E-state index >= 15 is 0 Å². The van der Waals surface area contributed by atoms with E-state index in [4.69, 9.17) is 9.84 Å². The van der Waals surface area contributed by atoms with E-state index in [1.165, 1.54) is 24.3 Å². The SMILES string of the molecule is CS(=O)(=O)c1ccc(S(=O)(=O)NCCOCCO)cc1. The summed E-state index contributed by atoms with van der Waals surface area (Å²) in [5.74, 6) is 0. The van der Waals surface area contributed by atoms with Crippen molar-refractivity contribution in [1.82, 2.24) is 4.72 Å². The number of sulfonamides is 1. The maximum absolute atomic E-state index is 11.9. The monoisotopic (exact) mass is 323 g/mol. The molecule has 20 heavy (non-hydrogen) atoms. The summed E-state index contributed by atoms with van der Waals surface area (Å²) < 4.78 is 53.5. The van der Waals surface area contributed by atoms with Crippen LogP contribution in [-0.2, 0) is 24.6 Å². The smallest absolute Gasteiger partial charge is 0.240 e. The van der Waals surface area contributed by atoms with Crippen LogP contribution in [0.2, 0.25) is 0 Å². The van der Waals surface area contributed by atoms with E-state index in [9.17, 15) is 16.8 Å². The number of sulfone groups is 1. The van der Waals surface area contributed by atoms with Gasteiger partial charge < -0.3 is 9.84 Å². The Bertz CT molecular complexity index is 621. The quantitative estimate of drug-likeness (QED) is 0.617. The molecule has 2 N–H and O–H groups in total. The van der Waals surface area contributed by atoms with Crippen molar-refractivity contribution >= 4 is 19.9 Å². The molecule has 0 radical (unpaired) electrons. The molecule has 1 aromatic rings. The second kappa shape index (κ2) is 7.14. The van der Waals surface area contributed by atoms with Crippen LogP contribution in [0.4, 0.5) is 0 Å². The van der Waals surface area contributed by atoms with Crippen LogP contribution in [0, 0.1) is 0 Å². The molecule has 0 unspecified atom stereocenters. The van der Waals surface area contributed by atoms with E-state index in [2.05, 4.69) is 4.72 Å². The first-order chi connectivity index (χ1) is 9.27. The van der Waals surface area contributed by atoms with E-state index in [-0.39, 0.29) is 36.2 Å². The standard InChI is InChI=1S/C11H17NO6S2/c1-19(14,15)10-2-4-11(5-3-10)20(16,17)12-6-8-18-9-7-13/h2-5,12-13H,6-9H2,1H3. The zero-order valence-electron chi connectivity index (χ0n) is 10.9.